The van der Waals surface area contributed by atoms with Gasteiger partial charge < -0.3 is 9.72 Å². The average Bonchev–Trinajstić information content (AvgIpc) is 2.92. The van der Waals surface area contributed by atoms with Crippen molar-refractivity contribution >= 4 is 33.1 Å². The number of hydrogen-bond donors (Lipinski definition) is 1. The van der Waals surface area contributed by atoms with Crippen molar-refractivity contribution in [2.45, 2.75) is 25.7 Å². The van der Waals surface area contributed by atoms with Gasteiger partial charge in [0, 0.05) is 23.6 Å². The molecule has 2 aromatic rings. The van der Waals surface area contributed by atoms with Gasteiger partial charge in [0.15, 0.2) is 22.2 Å². The number of ether oxygens (including phenoxy) is 1. The van der Waals surface area contributed by atoms with Crippen LogP contribution in [0.1, 0.15) is 49.4 Å². The Labute approximate surface area is 165 Å². The minimum Gasteiger partial charge on any atom is -0.454 e. The van der Waals surface area contributed by atoms with Crippen molar-refractivity contribution in [2.75, 3.05) is 12.9 Å². The lowest BCUT2D eigenvalue weighted by Crippen LogP contribution is -2.16. The number of sulfone groups is 1. The second-order valence-corrected chi connectivity index (χ2v) is 8.38. The summed E-state index contributed by atoms with van der Waals surface area (Å²) in [6.07, 6.45) is 0.808. The highest BCUT2D eigenvalue weighted by Gasteiger charge is 2.25. The molecule has 0 aliphatic carbocycles. The fourth-order valence-electron chi connectivity index (χ4n) is 2.94. The maximum absolute atomic E-state index is 12.3. The van der Waals surface area contributed by atoms with Crippen LogP contribution in [0.25, 0.3) is 0 Å². The van der Waals surface area contributed by atoms with Crippen LogP contribution >= 0.6 is 0 Å². The van der Waals surface area contributed by atoms with E-state index in [0.29, 0.717) is 16.8 Å². The third-order valence-corrected chi connectivity index (χ3v) is 5.34. The zero-order valence-corrected chi connectivity index (χ0v) is 16.9. The molecule has 0 atom stereocenters. The first-order valence-electron chi connectivity index (χ1n) is 8.23. The Kier molecular flexibility index (Phi) is 6.02. The number of nitro groups is 1. The molecule has 154 valence electrons. The minimum absolute atomic E-state index is 0.124. The van der Waals surface area contributed by atoms with Gasteiger partial charge in [-0.05, 0) is 38.5 Å². The van der Waals surface area contributed by atoms with Crippen LogP contribution in [0.5, 0.6) is 0 Å². The van der Waals surface area contributed by atoms with Gasteiger partial charge in [0.2, 0.25) is 5.78 Å². The second-order valence-electron chi connectivity index (χ2n) is 6.39. The Hall–Kier alpha value is -3.34. The van der Waals surface area contributed by atoms with E-state index in [-0.39, 0.29) is 17.0 Å². The molecule has 0 aliphatic heterocycles. The zero-order chi connectivity index (χ0) is 22.1. The number of nitrogens with one attached hydrogen (secondary N) is 1. The van der Waals surface area contributed by atoms with Gasteiger partial charge in [0.25, 0.3) is 5.69 Å². The van der Waals surface area contributed by atoms with Crippen LogP contribution in [-0.2, 0) is 14.6 Å². The van der Waals surface area contributed by atoms with Crippen molar-refractivity contribution in [3.8, 4) is 0 Å². The van der Waals surface area contributed by atoms with E-state index >= 15 is 0 Å². The van der Waals surface area contributed by atoms with Crippen molar-refractivity contribution in [3.05, 3.63) is 56.4 Å². The SMILES string of the molecule is CC(=O)c1c(C)[nH]c(C(=O)COC(=O)c2ccc(S(C)(=O)=O)c([N+](=O)[O-])c2)c1C. The molecule has 1 aromatic heterocycles. The molecule has 1 heterocycles. The zero-order valence-electron chi connectivity index (χ0n) is 16.1. The number of nitro benzene ring substituents is 1. The lowest BCUT2D eigenvalue weighted by molar-refractivity contribution is -0.387. The number of aromatic amines is 1. The molecule has 0 bridgehead atoms. The Balaban J connectivity index is 2.23. The predicted octanol–water partition coefficient (Wildman–Crippen LogP) is 2.19. The fourth-order valence-corrected chi connectivity index (χ4v) is 3.77. The first-order chi connectivity index (χ1) is 13.3. The molecule has 0 saturated heterocycles. The van der Waals surface area contributed by atoms with Crippen LogP contribution in [0.4, 0.5) is 5.69 Å². The molecule has 2 rings (SSSR count). The number of carbonyl (C=O) groups is 3. The summed E-state index contributed by atoms with van der Waals surface area (Å²) in [5, 5.41) is 11.1. The number of ketones is 2. The molecule has 0 aliphatic rings. The molecule has 0 saturated carbocycles. The van der Waals surface area contributed by atoms with Crippen molar-refractivity contribution in [2.24, 2.45) is 0 Å². The maximum Gasteiger partial charge on any atom is 0.338 e. The summed E-state index contributed by atoms with van der Waals surface area (Å²) in [4.78, 5) is 48.6. The molecule has 1 N–H and O–H groups in total. The predicted molar refractivity (Wildman–Crippen MR) is 101 cm³/mol. The number of Topliss-reactive ketones (excluding diaryl/α,β-unsaturated/α-hetero) is 2. The van der Waals surface area contributed by atoms with E-state index < -0.39 is 43.7 Å². The Bertz CT molecular complexity index is 1140. The molecule has 0 amide bonds. The fraction of sp³-hybridized carbons (Fsp3) is 0.278. The summed E-state index contributed by atoms with van der Waals surface area (Å²) in [5.74, 6) is -1.84. The van der Waals surface area contributed by atoms with E-state index in [2.05, 4.69) is 4.98 Å². The van der Waals surface area contributed by atoms with Crippen molar-refractivity contribution in [3.63, 3.8) is 0 Å². The molecule has 29 heavy (non-hydrogen) atoms. The van der Waals surface area contributed by atoms with Gasteiger partial charge in [0.05, 0.1) is 16.2 Å². The molecule has 0 spiro atoms. The van der Waals surface area contributed by atoms with Crippen molar-refractivity contribution in [1.82, 2.24) is 4.98 Å². The summed E-state index contributed by atoms with van der Waals surface area (Å²) in [6, 6.07) is 2.78. The number of nitrogens with zero attached hydrogens (tertiary/aromatic N) is 1. The number of rotatable bonds is 7. The first-order valence-corrected chi connectivity index (χ1v) is 10.1. The van der Waals surface area contributed by atoms with Crippen molar-refractivity contribution < 1.29 is 32.5 Å². The molecule has 10 nitrogen and oxygen atoms in total. The van der Waals surface area contributed by atoms with E-state index in [1.54, 1.807) is 13.8 Å². The summed E-state index contributed by atoms with van der Waals surface area (Å²) >= 11 is 0. The molecule has 0 radical (unpaired) electrons. The number of hydrogen-bond acceptors (Lipinski definition) is 8. The summed E-state index contributed by atoms with van der Waals surface area (Å²) in [5.41, 5.74) is 0.405. The molecular weight excluding hydrogens is 404 g/mol. The van der Waals surface area contributed by atoms with Gasteiger partial charge in [-0.2, -0.15) is 0 Å². The van der Waals surface area contributed by atoms with Gasteiger partial charge in [-0.25, -0.2) is 13.2 Å². The standard InChI is InChI=1S/C18H18N2O8S/c1-9-16(11(3)21)10(2)19-17(9)14(22)8-28-18(23)12-5-6-15(29(4,26)27)13(7-12)20(24)25/h5-7,19H,8H2,1-4H3. The van der Waals surface area contributed by atoms with Gasteiger partial charge in [-0.15, -0.1) is 0 Å². The average molecular weight is 422 g/mol. The third kappa shape index (κ3) is 4.57. The number of H-pyrrole nitrogens is 1. The highest BCUT2D eigenvalue weighted by atomic mass is 32.2. The summed E-state index contributed by atoms with van der Waals surface area (Å²) in [7, 11) is -3.88. The number of benzene rings is 1. The van der Waals surface area contributed by atoms with Gasteiger partial charge in [-0.3, -0.25) is 19.7 Å². The summed E-state index contributed by atoms with van der Waals surface area (Å²) in [6.45, 7) is 3.92. The highest BCUT2D eigenvalue weighted by molar-refractivity contribution is 7.90. The Morgan fingerprint density at radius 2 is 1.83 bits per heavy atom. The van der Waals surface area contributed by atoms with Crippen LogP contribution in [0.2, 0.25) is 0 Å². The van der Waals surface area contributed by atoms with Crippen LogP contribution < -0.4 is 0 Å². The van der Waals surface area contributed by atoms with E-state index in [1.807, 2.05) is 0 Å². The first kappa shape index (κ1) is 22.0. The van der Waals surface area contributed by atoms with Gasteiger partial charge >= 0.3 is 5.97 Å². The number of esters is 1. The minimum atomic E-state index is -3.88. The molecule has 0 fully saturated rings. The smallest absolute Gasteiger partial charge is 0.338 e. The molecular formula is C18H18N2O8S. The maximum atomic E-state index is 12.3. The van der Waals surface area contributed by atoms with Crippen molar-refractivity contribution in [1.29, 1.82) is 0 Å². The van der Waals surface area contributed by atoms with E-state index in [1.165, 1.54) is 6.92 Å². The quantitative estimate of drug-likeness (QED) is 0.308. The number of aromatic nitrogens is 1. The second kappa shape index (κ2) is 7.95. The normalized spacial score (nSPS) is 11.2. The van der Waals surface area contributed by atoms with E-state index in [0.717, 1.165) is 24.5 Å². The highest BCUT2D eigenvalue weighted by Crippen LogP contribution is 2.25. The van der Waals surface area contributed by atoms with E-state index in [9.17, 15) is 32.9 Å². The molecule has 0 unspecified atom stereocenters. The Morgan fingerprint density at radius 3 is 2.31 bits per heavy atom. The van der Waals surface area contributed by atoms with Gasteiger partial charge in [0.1, 0.15) is 4.90 Å². The van der Waals surface area contributed by atoms with Crippen LogP contribution in [-0.4, -0.2) is 48.7 Å². The Morgan fingerprint density at radius 1 is 1.21 bits per heavy atom. The lowest BCUT2D eigenvalue weighted by Gasteiger charge is -2.06. The lowest BCUT2D eigenvalue weighted by atomic mass is 10.1. The largest absolute Gasteiger partial charge is 0.454 e. The van der Waals surface area contributed by atoms with Crippen LogP contribution in [0.15, 0.2) is 23.1 Å². The van der Waals surface area contributed by atoms with Crippen LogP contribution in [0, 0.1) is 24.0 Å². The number of aryl methyl sites for hydroxylation is 1. The number of carbonyl (C=O) groups excluding carboxylic acids is 3. The third-order valence-electron chi connectivity index (χ3n) is 4.19. The van der Waals surface area contributed by atoms with E-state index in [4.69, 9.17) is 4.74 Å². The summed E-state index contributed by atoms with van der Waals surface area (Å²) < 4.78 is 28.2. The van der Waals surface area contributed by atoms with Crippen LogP contribution in [0.3, 0.4) is 0 Å². The monoisotopic (exact) mass is 422 g/mol. The molecule has 11 heteroatoms. The van der Waals surface area contributed by atoms with Gasteiger partial charge in [-0.1, -0.05) is 0 Å². The topological polar surface area (TPSA) is 154 Å². The molecule has 1 aromatic carbocycles.